The van der Waals surface area contributed by atoms with Gasteiger partial charge in [-0.3, -0.25) is 0 Å². The highest BCUT2D eigenvalue weighted by Gasteiger charge is 2.16. The highest BCUT2D eigenvalue weighted by Crippen LogP contribution is 2.18. The van der Waals surface area contributed by atoms with Crippen LogP contribution in [0.4, 0.5) is 5.82 Å². The van der Waals surface area contributed by atoms with Gasteiger partial charge in [0.05, 0.1) is 6.54 Å². The minimum absolute atomic E-state index is 0.605. The minimum Gasteiger partial charge on any atom is -0.382 e. The SMILES string of the molecule is Cn1cc(N)nc1CNC1CCC1. The summed E-state index contributed by atoms with van der Waals surface area (Å²) in [5.74, 6) is 1.62. The Hall–Kier alpha value is -1.03. The molecule has 0 aromatic carbocycles. The van der Waals surface area contributed by atoms with E-state index in [2.05, 4.69) is 10.3 Å². The van der Waals surface area contributed by atoms with Crippen molar-refractivity contribution in [2.75, 3.05) is 5.73 Å². The highest BCUT2D eigenvalue weighted by molar-refractivity contribution is 5.25. The van der Waals surface area contributed by atoms with Gasteiger partial charge in [-0.25, -0.2) is 4.98 Å². The Labute approximate surface area is 78.1 Å². The van der Waals surface area contributed by atoms with Crippen molar-refractivity contribution in [3.8, 4) is 0 Å². The summed E-state index contributed by atoms with van der Waals surface area (Å²) in [7, 11) is 1.97. The van der Waals surface area contributed by atoms with Gasteiger partial charge in [0.15, 0.2) is 0 Å². The van der Waals surface area contributed by atoms with E-state index in [1.807, 2.05) is 17.8 Å². The molecule has 13 heavy (non-hydrogen) atoms. The molecule has 0 amide bonds. The maximum atomic E-state index is 5.57. The number of imidazole rings is 1. The van der Waals surface area contributed by atoms with E-state index < -0.39 is 0 Å². The third kappa shape index (κ3) is 1.83. The second-order valence-electron chi connectivity index (χ2n) is 3.70. The average Bonchev–Trinajstić information content (AvgIpc) is 2.27. The van der Waals surface area contributed by atoms with Gasteiger partial charge in [0.1, 0.15) is 11.6 Å². The average molecular weight is 180 g/mol. The van der Waals surface area contributed by atoms with Crippen LogP contribution in [-0.4, -0.2) is 15.6 Å². The standard InChI is InChI=1S/C9H16N4/c1-13-6-8(10)12-9(13)5-11-7-3-2-4-7/h6-7,11H,2-5,10H2,1H3. The third-order valence-corrected chi connectivity index (χ3v) is 2.65. The monoisotopic (exact) mass is 180 g/mol. The molecule has 1 fully saturated rings. The molecule has 0 unspecified atom stereocenters. The highest BCUT2D eigenvalue weighted by atomic mass is 15.1. The number of anilines is 1. The van der Waals surface area contributed by atoms with Crippen LogP contribution in [0.3, 0.4) is 0 Å². The number of hydrogen-bond donors (Lipinski definition) is 2. The molecule has 0 saturated heterocycles. The van der Waals surface area contributed by atoms with Crippen molar-refractivity contribution in [1.29, 1.82) is 0 Å². The Morgan fingerprint density at radius 1 is 1.69 bits per heavy atom. The molecule has 4 nitrogen and oxygen atoms in total. The summed E-state index contributed by atoms with van der Waals surface area (Å²) in [4.78, 5) is 4.22. The van der Waals surface area contributed by atoms with Gasteiger partial charge in [0, 0.05) is 19.3 Å². The smallest absolute Gasteiger partial charge is 0.141 e. The quantitative estimate of drug-likeness (QED) is 0.718. The molecule has 0 radical (unpaired) electrons. The Kier molecular flexibility index (Phi) is 2.22. The number of nitrogen functional groups attached to an aromatic ring is 1. The molecule has 1 aromatic heterocycles. The summed E-state index contributed by atoms with van der Waals surface area (Å²) in [6.45, 7) is 0.832. The van der Waals surface area contributed by atoms with Crippen molar-refractivity contribution >= 4 is 5.82 Å². The van der Waals surface area contributed by atoms with Gasteiger partial charge in [0.2, 0.25) is 0 Å². The van der Waals surface area contributed by atoms with Crippen LogP contribution in [0.5, 0.6) is 0 Å². The van der Waals surface area contributed by atoms with Crippen LogP contribution in [0, 0.1) is 0 Å². The van der Waals surface area contributed by atoms with E-state index in [1.54, 1.807) is 0 Å². The lowest BCUT2D eigenvalue weighted by molar-refractivity contribution is 0.334. The molecule has 1 saturated carbocycles. The van der Waals surface area contributed by atoms with Crippen LogP contribution >= 0.6 is 0 Å². The van der Waals surface area contributed by atoms with Crippen molar-refractivity contribution < 1.29 is 0 Å². The van der Waals surface area contributed by atoms with Crippen molar-refractivity contribution in [2.24, 2.45) is 7.05 Å². The Bertz CT molecular complexity index is 288. The van der Waals surface area contributed by atoms with Crippen LogP contribution < -0.4 is 11.1 Å². The molecule has 0 atom stereocenters. The Morgan fingerprint density at radius 2 is 2.46 bits per heavy atom. The summed E-state index contributed by atoms with van der Waals surface area (Å²) < 4.78 is 1.97. The van der Waals surface area contributed by atoms with Gasteiger partial charge in [-0.2, -0.15) is 0 Å². The van der Waals surface area contributed by atoms with Gasteiger partial charge < -0.3 is 15.6 Å². The first kappa shape index (κ1) is 8.56. The molecule has 1 aromatic rings. The van der Waals surface area contributed by atoms with E-state index in [9.17, 15) is 0 Å². The van der Waals surface area contributed by atoms with Crippen LogP contribution in [0.2, 0.25) is 0 Å². The lowest BCUT2D eigenvalue weighted by Crippen LogP contribution is -2.35. The normalized spacial score (nSPS) is 17.3. The number of hydrogen-bond acceptors (Lipinski definition) is 3. The first-order valence-electron chi connectivity index (χ1n) is 4.77. The summed E-state index contributed by atoms with van der Waals surface area (Å²) in [6, 6.07) is 0.706. The molecule has 3 N–H and O–H groups in total. The zero-order chi connectivity index (χ0) is 9.26. The summed E-state index contributed by atoms with van der Waals surface area (Å²) in [5, 5.41) is 3.45. The molecule has 2 rings (SSSR count). The molecule has 0 aliphatic heterocycles. The van der Waals surface area contributed by atoms with Gasteiger partial charge in [-0.1, -0.05) is 6.42 Å². The molecule has 0 bridgehead atoms. The topological polar surface area (TPSA) is 55.9 Å². The second-order valence-corrected chi connectivity index (χ2v) is 3.70. The number of rotatable bonds is 3. The molecule has 1 aliphatic rings. The molecule has 1 heterocycles. The molecular formula is C9H16N4. The van der Waals surface area contributed by atoms with E-state index in [4.69, 9.17) is 5.73 Å². The van der Waals surface area contributed by atoms with Crippen molar-refractivity contribution in [3.63, 3.8) is 0 Å². The molecule has 72 valence electrons. The maximum Gasteiger partial charge on any atom is 0.141 e. The van der Waals surface area contributed by atoms with Gasteiger partial charge in [-0.05, 0) is 12.8 Å². The number of nitrogens with two attached hydrogens (primary N) is 1. The maximum absolute atomic E-state index is 5.57. The predicted octanol–water partition coefficient (Wildman–Crippen LogP) is 0.644. The van der Waals surface area contributed by atoms with E-state index in [0.717, 1.165) is 12.4 Å². The fraction of sp³-hybridized carbons (Fsp3) is 0.667. The van der Waals surface area contributed by atoms with Gasteiger partial charge in [-0.15, -0.1) is 0 Å². The van der Waals surface area contributed by atoms with Crippen LogP contribution in [-0.2, 0) is 13.6 Å². The van der Waals surface area contributed by atoms with Crippen molar-refractivity contribution in [1.82, 2.24) is 14.9 Å². The number of nitrogens with zero attached hydrogens (tertiary/aromatic N) is 2. The largest absolute Gasteiger partial charge is 0.382 e. The molecule has 4 heteroatoms. The van der Waals surface area contributed by atoms with Crippen LogP contribution in [0.1, 0.15) is 25.1 Å². The van der Waals surface area contributed by atoms with E-state index in [1.165, 1.54) is 19.3 Å². The summed E-state index contributed by atoms with van der Waals surface area (Å²) in [5.41, 5.74) is 5.57. The minimum atomic E-state index is 0.605. The van der Waals surface area contributed by atoms with E-state index >= 15 is 0 Å². The molecule has 0 spiro atoms. The fourth-order valence-electron chi connectivity index (χ4n) is 1.54. The van der Waals surface area contributed by atoms with E-state index in [-0.39, 0.29) is 0 Å². The third-order valence-electron chi connectivity index (χ3n) is 2.65. The molecular weight excluding hydrogens is 164 g/mol. The fourth-order valence-corrected chi connectivity index (χ4v) is 1.54. The van der Waals surface area contributed by atoms with Gasteiger partial charge >= 0.3 is 0 Å². The van der Waals surface area contributed by atoms with Crippen molar-refractivity contribution in [3.05, 3.63) is 12.0 Å². The van der Waals surface area contributed by atoms with Crippen LogP contribution in [0.25, 0.3) is 0 Å². The zero-order valence-corrected chi connectivity index (χ0v) is 7.95. The number of aryl methyl sites for hydroxylation is 1. The van der Waals surface area contributed by atoms with Crippen LogP contribution in [0.15, 0.2) is 6.20 Å². The Morgan fingerprint density at radius 3 is 2.92 bits per heavy atom. The lowest BCUT2D eigenvalue weighted by Gasteiger charge is -2.26. The predicted molar refractivity (Wildman–Crippen MR) is 52.1 cm³/mol. The summed E-state index contributed by atoms with van der Waals surface area (Å²) in [6.07, 6.45) is 5.82. The number of nitrogens with one attached hydrogen (secondary N) is 1. The zero-order valence-electron chi connectivity index (χ0n) is 7.95. The first-order valence-corrected chi connectivity index (χ1v) is 4.77. The first-order chi connectivity index (χ1) is 6.25. The Balaban J connectivity index is 1.89. The molecule has 1 aliphatic carbocycles. The number of aromatic nitrogens is 2. The van der Waals surface area contributed by atoms with Crippen molar-refractivity contribution in [2.45, 2.75) is 31.8 Å². The van der Waals surface area contributed by atoms with E-state index in [0.29, 0.717) is 11.9 Å². The lowest BCUT2D eigenvalue weighted by atomic mass is 9.93. The second kappa shape index (κ2) is 3.38. The van der Waals surface area contributed by atoms with Gasteiger partial charge in [0.25, 0.3) is 0 Å². The summed E-state index contributed by atoms with van der Waals surface area (Å²) >= 11 is 0.